The molecular formula is C24H25N3O4. The zero-order chi connectivity index (χ0) is 22.0. The van der Waals surface area contributed by atoms with Gasteiger partial charge in [0.2, 0.25) is 5.88 Å². The van der Waals surface area contributed by atoms with Crippen molar-refractivity contribution in [1.29, 1.82) is 0 Å². The first-order valence-corrected chi connectivity index (χ1v) is 10.2. The van der Waals surface area contributed by atoms with Crippen LogP contribution in [0, 0.1) is 13.8 Å². The molecule has 160 valence electrons. The van der Waals surface area contributed by atoms with Crippen molar-refractivity contribution in [1.82, 2.24) is 14.9 Å². The minimum Gasteiger partial charge on any atom is -0.483 e. The van der Waals surface area contributed by atoms with Crippen LogP contribution in [-0.4, -0.2) is 28.1 Å². The number of hydrogen-bond donors (Lipinski definition) is 1. The molecule has 0 radical (unpaired) electrons. The highest BCUT2D eigenvalue weighted by Crippen LogP contribution is 2.37. The summed E-state index contributed by atoms with van der Waals surface area (Å²) in [5.41, 5.74) is 3.03. The highest BCUT2D eigenvalue weighted by atomic mass is 16.5. The topological polar surface area (TPSA) is 82.5 Å². The molecule has 1 fully saturated rings. The van der Waals surface area contributed by atoms with Gasteiger partial charge in [0, 0.05) is 42.7 Å². The number of benzene rings is 1. The molecule has 1 saturated carbocycles. The zero-order valence-corrected chi connectivity index (χ0v) is 17.8. The molecule has 1 amide bonds. The molecule has 2 aromatic heterocycles. The van der Waals surface area contributed by atoms with E-state index in [0.717, 1.165) is 29.7 Å². The van der Waals surface area contributed by atoms with E-state index in [0.29, 0.717) is 22.8 Å². The van der Waals surface area contributed by atoms with E-state index in [1.165, 1.54) is 10.6 Å². The molecule has 1 aliphatic rings. The molecule has 0 aliphatic heterocycles. The quantitative estimate of drug-likeness (QED) is 0.634. The van der Waals surface area contributed by atoms with Gasteiger partial charge in [-0.3, -0.25) is 9.59 Å². The predicted molar refractivity (Wildman–Crippen MR) is 118 cm³/mol. The summed E-state index contributed by atoms with van der Waals surface area (Å²) in [6.45, 7) is 3.79. The predicted octanol–water partition coefficient (Wildman–Crippen LogP) is 3.51. The zero-order valence-electron chi connectivity index (χ0n) is 17.8. The van der Waals surface area contributed by atoms with Crippen molar-refractivity contribution in [3.8, 4) is 28.5 Å². The van der Waals surface area contributed by atoms with Gasteiger partial charge in [-0.2, -0.15) is 0 Å². The lowest BCUT2D eigenvalue weighted by Crippen LogP contribution is -2.30. The van der Waals surface area contributed by atoms with E-state index in [2.05, 4.69) is 10.3 Å². The number of carbonyl (C=O) groups excluding carboxylic acids is 1. The van der Waals surface area contributed by atoms with Gasteiger partial charge in [-0.05, 0) is 49.9 Å². The molecule has 0 spiro atoms. The van der Waals surface area contributed by atoms with Gasteiger partial charge < -0.3 is 19.4 Å². The van der Waals surface area contributed by atoms with Gasteiger partial charge >= 0.3 is 0 Å². The van der Waals surface area contributed by atoms with Gasteiger partial charge in [0.05, 0.1) is 0 Å². The Bertz CT molecular complexity index is 1160. The largest absolute Gasteiger partial charge is 0.483 e. The summed E-state index contributed by atoms with van der Waals surface area (Å²) in [5, 5.41) is 2.88. The van der Waals surface area contributed by atoms with Crippen LogP contribution in [0.2, 0.25) is 0 Å². The van der Waals surface area contributed by atoms with Crippen molar-refractivity contribution in [2.75, 3.05) is 6.61 Å². The third-order valence-corrected chi connectivity index (χ3v) is 5.16. The van der Waals surface area contributed by atoms with Crippen LogP contribution < -0.4 is 20.3 Å². The van der Waals surface area contributed by atoms with Crippen LogP contribution in [0.3, 0.4) is 0 Å². The van der Waals surface area contributed by atoms with Crippen molar-refractivity contribution in [3.63, 3.8) is 0 Å². The van der Waals surface area contributed by atoms with E-state index in [-0.39, 0.29) is 24.1 Å². The fourth-order valence-electron chi connectivity index (χ4n) is 3.31. The highest BCUT2D eigenvalue weighted by molar-refractivity contribution is 5.79. The third kappa shape index (κ3) is 4.77. The van der Waals surface area contributed by atoms with Gasteiger partial charge in [0.15, 0.2) is 6.61 Å². The normalized spacial score (nSPS) is 13.0. The van der Waals surface area contributed by atoms with Crippen LogP contribution in [0.1, 0.15) is 24.0 Å². The van der Waals surface area contributed by atoms with Crippen LogP contribution in [0.4, 0.5) is 0 Å². The molecule has 1 aromatic carbocycles. The van der Waals surface area contributed by atoms with Crippen LogP contribution in [-0.2, 0) is 11.8 Å². The summed E-state index contributed by atoms with van der Waals surface area (Å²) in [7, 11) is 1.66. The number of amides is 1. The fraction of sp³-hybridized carbons (Fsp3) is 0.292. The number of rotatable bonds is 7. The summed E-state index contributed by atoms with van der Waals surface area (Å²) in [6, 6.07) is 11.2. The second-order valence-corrected chi connectivity index (χ2v) is 7.81. The summed E-state index contributed by atoms with van der Waals surface area (Å²) in [5.74, 6) is 1.24. The van der Waals surface area contributed by atoms with E-state index in [1.807, 2.05) is 38.1 Å². The Morgan fingerprint density at radius 3 is 2.61 bits per heavy atom. The Morgan fingerprint density at radius 2 is 1.90 bits per heavy atom. The molecule has 1 aliphatic carbocycles. The maximum absolute atomic E-state index is 12.3. The van der Waals surface area contributed by atoms with Crippen molar-refractivity contribution in [2.24, 2.45) is 7.05 Å². The second-order valence-electron chi connectivity index (χ2n) is 7.81. The number of ether oxygens (including phenoxy) is 2. The lowest BCUT2D eigenvalue weighted by molar-refractivity contribution is -0.123. The minimum absolute atomic E-state index is 0.163. The Labute approximate surface area is 180 Å². The van der Waals surface area contributed by atoms with Crippen LogP contribution >= 0.6 is 0 Å². The van der Waals surface area contributed by atoms with E-state index in [1.54, 1.807) is 25.5 Å². The molecular weight excluding hydrogens is 394 g/mol. The molecule has 0 unspecified atom stereocenters. The van der Waals surface area contributed by atoms with Gasteiger partial charge in [0.25, 0.3) is 11.5 Å². The number of carbonyl (C=O) groups is 1. The van der Waals surface area contributed by atoms with Crippen molar-refractivity contribution in [2.45, 2.75) is 32.7 Å². The maximum Gasteiger partial charge on any atom is 0.258 e. The van der Waals surface area contributed by atoms with E-state index in [9.17, 15) is 9.59 Å². The van der Waals surface area contributed by atoms with E-state index in [4.69, 9.17) is 9.47 Å². The summed E-state index contributed by atoms with van der Waals surface area (Å²) < 4.78 is 13.4. The Kier molecular flexibility index (Phi) is 5.75. The van der Waals surface area contributed by atoms with Crippen molar-refractivity contribution in [3.05, 3.63) is 70.3 Å². The smallest absolute Gasteiger partial charge is 0.258 e. The Morgan fingerprint density at radius 1 is 1.16 bits per heavy atom. The first-order chi connectivity index (χ1) is 14.9. The minimum atomic E-state index is -0.234. The number of hydrogen-bond acceptors (Lipinski definition) is 5. The lowest BCUT2D eigenvalue weighted by Gasteiger charge is -2.16. The SMILES string of the molecule is Cc1cccc(C)c1Oc1ncccc1-c1cn(C)c(=O)cc1OCC(=O)NC1CC1. The summed E-state index contributed by atoms with van der Waals surface area (Å²) in [6.07, 6.45) is 5.32. The van der Waals surface area contributed by atoms with Gasteiger partial charge in [0.1, 0.15) is 11.5 Å². The van der Waals surface area contributed by atoms with Crippen LogP contribution in [0.25, 0.3) is 11.1 Å². The highest BCUT2D eigenvalue weighted by Gasteiger charge is 2.24. The molecule has 31 heavy (non-hydrogen) atoms. The first kappa shape index (κ1) is 20.7. The average molecular weight is 419 g/mol. The Hall–Kier alpha value is -3.61. The standard InChI is InChI=1S/C24H25N3O4/c1-15-6-4-7-16(2)23(15)31-24-18(8-5-11-25-24)19-13-27(3)22(29)12-20(19)30-14-21(28)26-17-9-10-17/h4-8,11-13,17H,9-10,14H2,1-3H3,(H,26,28). The van der Waals surface area contributed by atoms with Crippen molar-refractivity contribution >= 4 is 5.91 Å². The van der Waals surface area contributed by atoms with Gasteiger partial charge in [-0.15, -0.1) is 0 Å². The molecule has 0 atom stereocenters. The van der Waals surface area contributed by atoms with Gasteiger partial charge in [-0.25, -0.2) is 4.98 Å². The third-order valence-electron chi connectivity index (χ3n) is 5.16. The monoisotopic (exact) mass is 419 g/mol. The number of pyridine rings is 2. The van der Waals surface area contributed by atoms with E-state index >= 15 is 0 Å². The molecule has 3 aromatic rings. The average Bonchev–Trinajstić information content (AvgIpc) is 3.56. The Balaban J connectivity index is 1.69. The van der Waals surface area contributed by atoms with E-state index < -0.39 is 0 Å². The van der Waals surface area contributed by atoms with Crippen LogP contribution in [0.15, 0.2) is 53.6 Å². The molecule has 0 saturated heterocycles. The second kappa shape index (κ2) is 8.63. The molecule has 7 nitrogen and oxygen atoms in total. The maximum atomic E-state index is 12.3. The van der Waals surface area contributed by atoms with Crippen LogP contribution in [0.5, 0.6) is 17.4 Å². The van der Waals surface area contributed by atoms with Crippen molar-refractivity contribution < 1.29 is 14.3 Å². The molecule has 4 rings (SSSR count). The molecule has 1 N–H and O–H groups in total. The fourth-order valence-corrected chi connectivity index (χ4v) is 3.31. The van der Waals surface area contributed by atoms with Gasteiger partial charge in [-0.1, -0.05) is 18.2 Å². The number of aromatic nitrogens is 2. The summed E-state index contributed by atoms with van der Waals surface area (Å²) >= 11 is 0. The lowest BCUT2D eigenvalue weighted by atomic mass is 10.1. The summed E-state index contributed by atoms with van der Waals surface area (Å²) in [4.78, 5) is 28.8. The first-order valence-electron chi connectivity index (χ1n) is 10.2. The molecule has 0 bridgehead atoms. The number of aryl methyl sites for hydroxylation is 3. The number of para-hydroxylation sites is 1. The number of nitrogens with one attached hydrogen (secondary N) is 1. The number of nitrogens with zero attached hydrogens (tertiary/aromatic N) is 2. The molecule has 7 heteroatoms. The molecule has 2 heterocycles.